The van der Waals surface area contributed by atoms with Crippen LogP contribution in [0, 0.1) is 5.41 Å². The lowest BCUT2D eigenvalue weighted by atomic mass is 9.81. The standard InChI is InChI=1S/C11H12ClNO/c1-11(2)6-7-5-8(12)3-4-9(7)13-10(11)14/h3-5H,6H2,1-2H3,(H,13,14). The Bertz CT molecular complexity index is 398. The number of anilines is 1. The monoisotopic (exact) mass is 209 g/mol. The first-order chi connectivity index (χ1) is 6.49. The van der Waals surface area contributed by atoms with Crippen LogP contribution in [-0.4, -0.2) is 5.91 Å². The van der Waals surface area contributed by atoms with Crippen LogP contribution in [0.4, 0.5) is 5.69 Å². The second-order valence-corrected chi connectivity index (χ2v) is 4.75. The Labute approximate surface area is 88.3 Å². The van der Waals surface area contributed by atoms with Gasteiger partial charge in [-0.15, -0.1) is 0 Å². The molecule has 0 bridgehead atoms. The van der Waals surface area contributed by atoms with Crippen LogP contribution >= 0.6 is 11.6 Å². The first-order valence-electron chi connectivity index (χ1n) is 4.59. The van der Waals surface area contributed by atoms with Gasteiger partial charge in [0.1, 0.15) is 0 Å². The van der Waals surface area contributed by atoms with Gasteiger partial charge in [0, 0.05) is 16.1 Å². The van der Waals surface area contributed by atoms with Crippen LogP contribution in [0.1, 0.15) is 19.4 Å². The number of amides is 1. The van der Waals surface area contributed by atoms with E-state index in [1.165, 1.54) is 0 Å². The molecular weight excluding hydrogens is 198 g/mol. The Morgan fingerprint density at radius 2 is 2.14 bits per heavy atom. The molecule has 0 atom stereocenters. The van der Waals surface area contributed by atoms with Crippen molar-refractivity contribution in [3.8, 4) is 0 Å². The zero-order valence-corrected chi connectivity index (χ0v) is 8.98. The SMILES string of the molecule is CC1(C)Cc2cc(Cl)ccc2NC1=O. The predicted octanol–water partition coefficient (Wildman–Crippen LogP) is 2.86. The molecule has 2 rings (SSSR count). The van der Waals surface area contributed by atoms with Crippen molar-refractivity contribution in [2.24, 2.45) is 5.41 Å². The van der Waals surface area contributed by atoms with Crippen molar-refractivity contribution in [2.45, 2.75) is 20.3 Å². The Kier molecular flexibility index (Phi) is 2.04. The van der Waals surface area contributed by atoms with Crippen molar-refractivity contribution in [3.63, 3.8) is 0 Å². The second-order valence-electron chi connectivity index (χ2n) is 4.32. The van der Waals surface area contributed by atoms with Crippen LogP contribution in [0.2, 0.25) is 5.02 Å². The van der Waals surface area contributed by atoms with Gasteiger partial charge in [0.15, 0.2) is 0 Å². The van der Waals surface area contributed by atoms with Crippen molar-refractivity contribution in [2.75, 3.05) is 5.32 Å². The fourth-order valence-corrected chi connectivity index (χ4v) is 1.87. The lowest BCUT2D eigenvalue weighted by Gasteiger charge is -2.30. The fraction of sp³-hybridized carbons (Fsp3) is 0.364. The number of fused-ring (bicyclic) bond motifs is 1. The highest BCUT2D eigenvalue weighted by Crippen LogP contribution is 2.34. The first-order valence-corrected chi connectivity index (χ1v) is 4.97. The number of halogens is 1. The van der Waals surface area contributed by atoms with E-state index in [1.807, 2.05) is 26.0 Å². The molecule has 14 heavy (non-hydrogen) atoms. The molecule has 1 aromatic carbocycles. The number of hydrogen-bond acceptors (Lipinski definition) is 1. The largest absolute Gasteiger partial charge is 0.325 e. The molecule has 0 unspecified atom stereocenters. The van der Waals surface area contributed by atoms with E-state index in [9.17, 15) is 4.79 Å². The van der Waals surface area contributed by atoms with Gasteiger partial charge in [-0.05, 0) is 30.2 Å². The third-order valence-corrected chi connectivity index (χ3v) is 2.80. The van der Waals surface area contributed by atoms with Crippen LogP contribution < -0.4 is 5.32 Å². The van der Waals surface area contributed by atoms with E-state index in [0.29, 0.717) is 0 Å². The molecule has 0 fully saturated rings. The zero-order chi connectivity index (χ0) is 10.3. The van der Waals surface area contributed by atoms with Gasteiger partial charge in [-0.1, -0.05) is 25.4 Å². The fourth-order valence-electron chi connectivity index (χ4n) is 1.68. The molecule has 1 heterocycles. The molecule has 0 spiro atoms. The zero-order valence-electron chi connectivity index (χ0n) is 8.23. The summed E-state index contributed by atoms with van der Waals surface area (Å²) in [7, 11) is 0. The molecule has 1 aromatic rings. The Morgan fingerprint density at radius 1 is 1.43 bits per heavy atom. The predicted molar refractivity (Wildman–Crippen MR) is 57.6 cm³/mol. The highest BCUT2D eigenvalue weighted by atomic mass is 35.5. The smallest absolute Gasteiger partial charge is 0.230 e. The summed E-state index contributed by atoms with van der Waals surface area (Å²) in [5, 5.41) is 3.60. The molecule has 1 aliphatic rings. The summed E-state index contributed by atoms with van der Waals surface area (Å²) in [4.78, 5) is 11.6. The number of rotatable bonds is 0. The minimum absolute atomic E-state index is 0.0762. The molecule has 1 aliphatic heterocycles. The van der Waals surface area contributed by atoms with Crippen molar-refractivity contribution in [1.29, 1.82) is 0 Å². The number of benzene rings is 1. The molecule has 1 amide bonds. The maximum absolute atomic E-state index is 11.6. The summed E-state index contributed by atoms with van der Waals surface area (Å²) >= 11 is 5.89. The average Bonchev–Trinajstić information content (AvgIpc) is 2.07. The van der Waals surface area contributed by atoms with Gasteiger partial charge in [-0.25, -0.2) is 0 Å². The maximum Gasteiger partial charge on any atom is 0.230 e. The summed E-state index contributed by atoms with van der Waals surface area (Å²) < 4.78 is 0. The average molecular weight is 210 g/mol. The van der Waals surface area contributed by atoms with Crippen LogP contribution in [0.25, 0.3) is 0 Å². The minimum atomic E-state index is -0.336. The van der Waals surface area contributed by atoms with Crippen LogP contribution in [-0.2, 0) is 11.2 Å². The van der Waals surface area contributed by atoms with Crippen molar-refractivity contribution >= 4 is 23.2 Å². The summed E-state index contributed by atoms with van der Waals surface area (Å²) in [6.45, 7) is 3.87. The van der Waals surface area contributed by atoms with Gasteiger partial charge in [0.25, 0.3) is 0 Å². The third-order valence-electron chi connectivity index (χ3n) is 2.56. The van der Waals surface area contributed by atoms with E-state index in [4.69, 9.17) is 11.6 Å². The number of hydrogen-bond donors (Lipinski definition) is 1. The number of nitrogens with one attached hydrogen (secondary N) is 1. The first kappa shape index (κ1) is 9.53. The summed E-state index contributed by atoms with van der Waals surface area (Å²) in [5.74, 6) is 0.0762. The third kappa shape index (κ3) is 1.50. The summed E-state index contributed by atoms with van der Waals surface area (Å²) in [6, 6.07) is 5.56. The number of carbonyl (C=O) groups excluding carboxylic acids is 1. The second kappa shape index (κ2) is 2.99. The molecule has 0 saturated carbocycles. The maximum atomic E-state index is 11.6. The Morgan fingerprint density at radius 3 is 2.86 bits per heavy atom. The molecule has 74 valence electrons. The molecular formula is C11H12ClNO. The highest BCUT2D eigenvalue weighted by Gasteiger charge is 2.33. The molecule has 2 nitrogen and oxygen atoms in total. The molecule has 0 aromatic heterocycles. The van der Waals surface area contributed by atoms with Crippen LogP contribution in [0.3, 0.4) is 0 Å². The summed E-state index contributed by atoms with van der Waals surface area (Å²) in [5.41, 5.74) is 1.67. The molecule has 1 N–H and O–H groups in total. The van der Waals surface area contributed by atoms with E-state index in [-0.39, 0.29) is 11.3 Å². The van der Waals surface area contributed by atoms with E-state index < -0.39 is 0 Å². The topological polar surface area (TPSA) is 29.1 Å². The molecule has 0 aliphatic carbocycles. The van der Waals surface area contributed by atoms with Gasteiger partial charge >= 0.3 is 0 Å². The Hall–Kier alpha value is -1.02. The van der Waals surface area contributed by atoms with Crippen molar-refractivity contribution in [3.05, 3.63) is 28.8 Å². The van der Waals surface area contributed by atoms with E-state index in [2.05, 4.69) is 5.32 Å². The minimum Gasteiger partial charge on any atom is -0.325 e. The van der Waals surface area contributed by atoms with E-state index >= 15 is 0 Å². The van der Waals surface area contributed by atoms with Crippen LogP contribution in [0.5, 0.6) is 0 Å². The van der Waals surface area contributed by atoms with Crippen LogP contribution in [0.15, 0.2) is 18.2 Å². The van der Waals surface area contributed by atoms with Crippen molar-refractivity contribution in [1.82, 2.24) is 0 Å². The normalized spacial score (nSPS) is 18.6. The van der Waals surface area contributed by atoms with Crippen molar-refractivity contribution < 1.29 is 4.79 Å². The van der Waals surface area contributed by atoms with E-state index in [1.54, 1.807) is 6.07 Å². The van der Waals surface area contributed by atoms with Gasteiger partial charge in [-0.2, -0.15) is 0 Å². The number of carbonyl (C=O) groups is 1. The van der Waals surface area contributed by atoms with E-state index in [0.717, 1.165) is 22.7 Å². The lowest BCUT2D eigenvalue weighted by molar-refractivity contribution is -0.124. The summed E-state index contributed by atoms with van der Waals surface area (Å²) in [6.07, 6.45) is 0.745. The lowest BCUT2D eigenvalue weighted by Crippen LogP contribution is -2.36. The Balaban J connectivity index is 2.46. The van der Waals surface area contributed by atoms with Gasteiger partial charge in [-0.3, -0.25) is 4.79 Å². The molecule has 3 heteroatoms. The van der Waals surface area contributed by atoms with Gasteiger partial charge in [0.05, 0.1) is 0 Å². The van der Waals surface area contributed by atoms with Gasteiger partial charge in [0.2, 0.25) is 5.91 Å². The van der Waals surface area contributed by atoms with Gasteiger partial charge < -0.3 is 5.32 Å². The molecule has 0 saturated heterocycles. The highest BCUT2D eigenvalue weighted by molar-refractivity contribution is 6.30. The quantitative estimate of drug-likeness (QED) is 0.700. The molecule has 0 radical (unpaired) electrons.